The van der Waals surface area contributed by atoms with Crippen LogP contribution in [-0.2, 0) is 4.79 Å². The molecule has 0 spiro atoms. The molecule has 1 fully saturated rings. The van der Waals surface area contributed by atoms with Crippen LogP contribution in [0.4, 0.5) is 0 Å². The van der Waals surface area contributed by atoms with Gasteiger partial charge in [0, 0.05) is 12.5 Å². The lowest BCUT2D eigenvalue weighted by Gasteiger charge is -2.43. The first-order chi connectivity index (χ1) is 9.19. The van der Waals surface area contributed by atoms with Gasteiger partial charge in [0.15, 0.2) is 0 Å². The summed E-state index contributed by atoms with van der Waals surface area (Å²) in [6.45, 7) is 4.26. The largest absolute Gasteiger partial charge is 0.394 e. The van der Waals surface area contributed by atoms with E-state index < -0.39 is 0 Å². The quantitative estimate of drug-likeness (QED) is 0.905. The van der Waals surface area contributed by atoms with Gasteiger partial charge in [-0.05, 0) is 24.8 Å². The average molecular weight is 261 g/mol. The number of benzene rings is 1. The van der Waals surface area contributed by atoms with Crippen LogP contribution in [0, 0.1) is 5.92 Å². The molecular formula is C16H23NO2. The molecule has 0 aliphatic carbocycles. The van der Waals surface area contributed by atoms with E-state index in [1.54, 1.807) is 0 Å². The third-order valence-corrected chi connectivity index (χ3v) is 4.36. The molecule has 1 aliphatic rings. The van der Waals surface area contributed by atoms with Crippen LogP contribution in [0.5, 0.6) is 0 Å². The molecule has 1 aromatic carbocycles. The molecule has 19 heavy (non-hydrogen) atoms. The molecule has 3 atom stereocenters. The summed E-state index contributed by atoms with van der Waals surface area (Å²) >= 11 is 0. The third kappa shape index (κ3) is 2.81. The van der Waals surface area contributed by atoms with Crippen LogP contribution in [-0.4, -0.2) is 28.6 Å². The fourth-order valence-electron chi connectivity index (χ4n) is 3.17. The van der Waals surface area contributed by atoms with Crippen molar-refractivity contribution >= 4 is 5.91 Å². The van der Waals surface area contributed by atoms with Gasteiger partial charge in [0.25, 0.3) is 0 Å². The molecule has 0 saturated carbocycles. The smallest absolute Gasteiger partial charge is 0.223 e. The Morgan fingerprint density at radius 1 is 1.37 bits per heavy atom. The minimum absolute atomic E-state index is 0.0173. The van der Waals surface area contributed by atoms with E-state index in [9.17, 15) is 9.90 Å². The van der Waals surface area contributed by atoms with Crippen LogP contribution >= 0.6 is 0 Å². The zero-order chi connectivity index (χ0) is 13.8. The zero-order valence-corrected chi connectivity index (χ0v) is 11.7. The highest BCUT2D eigenvalue weighted by Crippen LogP contribution is 2.33. The topological polar surface area (TPSA) is 40.5 Å². The fourth-order valence-corrected chi connectivity index (χ4v) is 3.17. The molecule has 3 nitrogen and oxygen atoms in total. The third-order valence-electron chi connectivity index (χ3n) is 4.36. The predicted molar refractivity (Wildman–Crippen MR) is 75.6 cm³/mol. The van der Waals surface area contributed by atoms with Crippen molar-refractivity contribution < 1.29 is 9.90 Å². The number of hydrogen-bond donors (Lipinski definition) is 1. The number of aliphatic hydroxyl groups excluding tert-OH is 1. The number of rotatable bonds is 4. The van der Waals surface area contributed by atoms with Crippen LogP contribution in [0.3, 0.4) is 0 Å². The van der Waals surface area contributed by atoms with Gasteiger partial charge in [-0.15, -0.1) is 0 Å². The normalized spacial score (nSPS) is 25.4. The summed E-state index contributed by atoms with van der Waals surface area (Å²) in [5, 5.41) is 9.73. The Labute approximate surface area is 115 Å². The maximum atomic E-state index is 12.3. The molecule has 2 rings (SSSR count). The number of carbonyl (C=O) groups is 1. The lowest BCUT2D eigenvalue weighted by molar-refractivity contribution is -0.143. The summed E-state index contributed by atoms with van der Waals surface area (Å²) < 4.78 is 0. The lowest BCUT2D eigenvalue weighted by Crippen LogP contribution is -2.49. The maximum absolute atomic E-state index is 12.3. The molecule has 0 radical (unpaired) electrons. The van der Waals surface area contributed by atoms with Gasteiger partial charge in [0.05, 0.1) is 12.6 Å². The molecule has 0 bridgehead atoms. The Kier molecular flexibility index (Phi) is 4.59. The predicted octanol–water partition coefficient (Wildman–Crippen LogP) is 2.76. The Morgan fingerprint density at radius 2 is 2.05 bits per heavy atom. The van der Waals surface area contributed by atoms with E-state index in [2.05, 4.69) is 13.8 Å². The van der Waals surface area contributed by atoms with Crippen LogP contribution in [0.1, 0.15) is 44.7 Å². The average Bonchev–Trinajstić information content (AvgIpc) is 2.44. The van der Waals surface area contributed by atoms with Gasteiger partial charge >= 0.3 is 0 Å². The van der Waals surface area contributed by atoms with Gasteiger partial charge in [-0.1, -0.05) is 43.7 Å². The van der Waals surface area contributed by atoms with Crippen molar-refractivity contribution in [1.29, 1.82) is 0 Å². The van der Waals surface area contributed by atoms with Gasteiger partial charge < -0.3 is 10.0 Å². The SMILES string of the molecule is CC[C@@H]1CCC(=O)N([C@@H](CO)c2ccccc2)[C@H]1C. The molecule has 1 amide bonds. The highest BCUT2D eigenvalue weighted by Gasteiger charge is 2.36. The molecular weight excluding hydrogens is 238 g/mol. The second-order valence-electron chi connectivity index (χ2n) is 5.36. The molecule has 1 heterocycles. The van der Waals surface area contributed by atoms with Crippen LogP contribution in [0.2, 0.25) is 0 Å². The Bertz CT molecular complexity index is 418. The molecule has 1 aliphatic heterocycles. The molecule has 1 N–H and O–H groups in total. The van der Waals surface area contributed by atoms with E-state index >= 15 is 0 Å². The molecule has 0 unspecified atom stereocenters. The lowest BCUT2D eigenvalue weighted by atomic mass is 9.86. The van der Waals surface area contributed by atoms with Crippen molar-refractivity contribution in [3.05, 3.63) is 35.9 Å². The van der Waals surface area contributed by atoms with Crippen LogP contribution in [0.25, 0.3) is 0 Å². The zero-order valence-electron chi connectivity index (χ0n) is 11.7. The summed E-state index contributed by atoms with van der Waals surface area (Å²) in [4.78, 5) is 14.2. The van der Waals surface area contributed by atoms with E-state index in [4.69, 9.17) is 0 Å². The van der Waals surface area contributed by atoms with Gasteiger partial charge in [0.1, 0.15) is 0 Å². The molecule has 3 heteroatoms. The first-order valence-corrected chi connectivity index (χ1v) is 7.16. The summed E-state index contributed by atoms with van der Waals surface area (Å²) in [6, 6.07) is 9.81. The summed E-state index contributed by atoms with van der Waals surface area (Å²) in [7, 11) is 0. The summed E-state index contributed by atoms with van der Waals surface area (Å²) in [5.74, 6) is 0.704. The summed E-state index contributed by atoms with van der Waals surface area (Å²) in [6.07, 6.45) is 2.66. The molecule has 0 aromatic heterocycles. The van der Waals surface area contributed by atoms with E-state index in [1.165, 1.54) is 0 Å². The Hall–Kier alpha value is -1.35. The Balaban J connectivity index is 2.27. The van der Waals surface area contributed by atoms with Gasteiger partial charge in [-0.25, -0.2) is 0 Å². The maximum Gasteiger partial charge on any atom is 0.223 e. The van der Waals surface area contributed by atoms with E-state index in [0.717, 1.165) is 18.4 Å². The molecule has 1 saturated heterocycles. The van der Waals surface area contributed by atoms with Crippen LogP contribution < -0.4 is 0 Å². The van der Waals surface area contributed by atoms with Gasteiger partial charge in [-0.2, -0.15) is 0 Å². The Morgan fingerprint density at radius 3 is 2.63 bits per heavy atom. The minimum Gasteiger partial charge on any atom is -0.394 e. The highest BCUT2D eigenvalue weighted by atomic mass is 16.3. The summed E-state index contributed by atoms with van der Waals surface area (Å²) in [5.41, 5.74) is 1.02. The van der Waals surface area contributed by atoms with E-state index in [-0.39, 0.29) is 24.6 Å². The van der Waals surface area contributed by atoms with E-state index in [1.807, 2.05) is 35.2 Å². The standard InChI is InChI=1S/C16H23NO2/c1-3-13-9-10-16(19)17(12(13)2)15(11-18)14-7-5-4-6-8-14/h4-8,12-13,15,18H,3,9-11H2,1-2H3/t12-,13+,15-/m0/s1. The fraction of sp³-hybridized carbons (Fsp3) is 0.562. The number of aliphatic hydroxyl groups is 1. The number of piperidine rings is 1. The number of carbonyl (C=O) groups excluding carboxylic acids is 1. The second kappa shape index (κ2) is 6.20. The number of hydrogen-bond acceptors (Lipinski definition) is 2. The first kappa shape index (κ1) is 14.1. The minimum atomic E-state index is -0.210. The molecule has 1 aromatic rings. The molecule has 104 valence electrons. The van der Waals surface area contributed by atoms with Crippen molar-refractivity contribution in [2.24, 2.45) is 5.92 Å². The van der Waals surface area contributed by atoms with Crippen molar-refractivity contribution in [2.75, 3.05) is 6.61 Å². The van der Waals surface area contributed by atoms with Crippen molar-refractivity contribution in [1.82, 2.24) is 4.90 Å². The number of nitrogens with zero attached hydrogens (tertiary/aromatic N) is 1. The highest BCUT2D eigenvalue weighted by molar-refractivity contribution is 5.78. The van der Waals surface area contributed by atoms with Gasteiger partial charge in [-0.3, -0.25) is 4.79 Å². The van der Waals surface area contributed by atoms with Gasteiger partial charge in [0.2, 0.25) is 5.91 Å². The number of likely N-dealkylation sites (tertiary alicyclic amines) is 1. The van der Waals surface area contributed by atoms with E-state index in [0.29, 0.717) is 12.3 Å². The second-order valence-corrected chi connectivity index (χ2v) is 5.36. The van der Waals surface area contributed by atoms with Crippen molar-refractivity contribution in [2.45, 2.75) is 45.2 Å². The number of amides is 1. The van der Waals surface area contributed by atoms with Crippen LogP contribution in [0.15, 0.2) is 30.3 Å². The monoisotopic (exact) mass is 261 g/mol. The van der Waals surface area contributed by atoms with Crippen molar-refractivity contribution in [3.8, 4) is 0 Å². The van der Waals surface area contributed by atoms with Crippen molar-refractivity contribution in [3.63, 3.8) is 0 Å². The first-order valence-electron chi connectivity index (χ1n) is 7.16.